The molecule has 0 bridgehead atoms. The van der Waals surface area contributed by atoms with Gasteiger partial charge in [-0.15, -0.1) is 0 Å². The molecule has 7 nitrogen and oxygen atoms in total. The molecule has 1 aromatic heterocycles. The van der Waals surface area contributed by atoms with Gasteiger partial charge in [-0.2, -0.15) is 5.10 Å². The average Bonchev–Trinajstić information content (AvgIpc) is 2.66. The molecule has 0 aliphatic carbocycles. The van der Waals surface area contributed by atoms with E-state index >= 15 is 0 Å². The number of hydrogen-bond acceptors (Lipinski definition) is 5. The summed E-state index contributed by atoms with van der Waals surface area (Å²) >= 11 is 0. The van der Waals surface area contributed by atoms with Crippen molar-refractivity contribution in [1.29, 1.82) is 0 Å². The Labute approximate surface area is 108 Å². The highest BCUT2D eigenvalue weighted by Crippen LogP contribution is 2.17. The summed E-state index contributed by atoms with van der Waals surface area (Å²) in [7, 11) is 0. The van der Waals surface area contributed by atoms with Crippen LogP contribution in [-0.4, -0.2) is 32.1 Å². The van der Waals surface area contributed by atoms with Gasteiger partial charge in [0.2, 0.25) is 5.95 Å². The molecule has 0 aliphatic rings. The average molecular weight is 260 g/mol. The number of nitrogens with two attached hydrogens (primary N) is 1. The number of phenols is 1. The van der Waals surface area contributed by atoms with Crippen molar-refractivity contribution in [3.8, 4) is 5.75 Å². The van der Waals surface area contributed by atoms with Crippen molar-refractivity contribution >= 4 is 18.1 Å². The lowest BCUT2D eigenvalue weighted by Crippen LogP contribution is -1.99. The maximum absolute atomic E-state index is 10.9. The van der Waals surface area contributed by atoms with Crippen LogP contribution in [0.5, 0.6) is 5.75 Å². The van der Waals surface area contributed by atoms with Crippen molar-refractivity contribution in [2.24, 2.45) is 5.10 Å². The molecule has 0 spiro atoms. The normalized spacial score (nSPS) is 11.0. The zero-order chi connectivity index (χ0) is 14.0. The van der Waals surface area contributed by atoms with Gasteiger partial charge >= 0.3 is 5.97 Å². The van der Waals surface area contributed by atoms with E-state index in [4.69, 9.17) is 10.8 Å². The monoisotopic (exact) mass is 260 g/mol. The van der Waals surface area contributed by atoms with Crippen LogP contribution < -0.4 is 5.73 Å². The van der Waals surface area contributed by atoms with Gasteiger partial charge in [0.15, 0.2) is 0 Å². The summed E-state index contributed by atoms with van der Waals surface area (Å²) in [6.45, 7) is 1.78. The lowest BCUT2D eigenvalue weighted by atomic mass is 10.1. The minimum Gasteiger partial charge on any atom is -0.507 e. The Hall–Kier alpha value is -2.83. The zero-order valence-corrected chi connectivity index (χ0v) is 10.1. The van der Waals surface area contributed by atoms with Gasteiger partial charge in [0.25, 0.3) is 0 Å². The Morgan fingerprint density at radius 3 is 2.84 bits per heavy atom. The molecule has 0 atom stereocenters. The molecule has 0 unspecified atom stereocenters. The topological polar surface area (TPSA) is 114 Å². The number of hydrogen-bond donors (Lipinski definition) is 3. The highest BCUT2D eigenvalue weighted by atomic mass is 16.4. The summed E-state index contributed by atoms with van der Waals surface area (Å²) in [5.41, 5.74) is 6.69. The lowest BCUT2D eigenvalue weighted by Gasteiger charge is -2.00. The van der Waals surface area contributed by atoms with E-state index in [2.05, 4.69) is 10.1 Å². The fourth-order valence-corrected chi connectivity index (χ4v) is 1.53. The molecule has 0 amide bonds. The van der Waals surface area contributed by atoms with E-state index in [1.165, 1.54) is 23.0 Å². The third kappa shape index (κ3) is 2.71. The maximum Gasteiger partial charge on any atom is 0.339 e. The van der Waals surface area contributed by atoms with E-state index in [0.29, 0.717) is 5.56 Å². The maximum atomic E-state index is 10.9. The molecule has 4 N–H and O–H groups in total. The summed E-state index contributed by atoms with van der Waals surface area (Å²) in [6.07, 6.45) is 3.08. The molecule has 7 heteroatoms. The molecule has 1 aromatic carbocycles. The molecular weight excluding hydrogens is 248 g/mol. The van der Waals surface area contributed by atoms with Crippen LogP contribution in [0.1, 0.15) is 21.6 Å². The fourth-order valence-electron chi connectivity index (χ4n) is 1.53. The second kappa shape index (κ2) is 4.81. The van der Waals surface area contributed by atoms with Gasteiger partial charge in [-0.1, -0.05) is 0 Å². The van der Waals surface area contributed by atoms with Crippen molar-refractivity contribution in [3.05, 3.63) is 41.2 Å². The number of aromatic carboxylic acids is 1. The van der Waals surface area contributed by atoms with Crippen LogP contribution in [-0.2, 0) is 0 Å². The number of aromatic nitrogens is 2. The number of carboxylic acid groups (broad SMARTS) is 1. The summed E-state index contributed by atoms with van der Waals surface area (Å²) in [4.78, 5) is 14.8. The van der Waals surface area contributed by atoms with E-state index < -0.39 is 5.97 Å². The first-order chi connectivity index (χ1) is 8.97. The first kappa shape index (κ1) is 12.6. The van der Waals surface area contributed by atoms with Crippen LogP contribution in [0.3, 0.4) is 0 Å². The molecular formula is C12H12N4O3. The molecule has 0 radical (unpaired) electrons. The van der Waals surface area contributed by atoms with Crippen LogP contribution in [0.2, 0.25) is 0 Å². The Morgan fingerprint density at radius 2 is 2.26 bits per heavy atom. The predicted octanol–water partition coefficient (Wildman–Crippen LogP) is 1.06. The number of carboxylic acids is 1. The second-order valence-electron chi connectivity index (χ2n) is 3.91. The van der Waals surface area contributed by atoms with Crippen LogP contribution >= 0.6 is 0 Å². The molecule has 0 fully saturated rings. The second-order valence-corrected chi connectivity index (χ2v) is 3.91. The molecule has 98 valence electrons. The highest BCUT2D eigenvalue weighted by molar-refractivity contribution is 5.93. The third-order valence-electron chi connectivity index (χ3n) is 2.42. The molecule has 19 heavy (non-hydrogen) atoms. The predicted molar refractivity (Wildman–Crippen MR) is 69.4 cm³/mol. The van der Waals surface area contributed by atoms with Crippen LogP contribution in [0.4, 0.5) is 5.95 Å². The summed E-state index contributed by atoms with van der Waals surface area (Å²) < 4.78 is 1.38. The molecule has 0 saturated heterocycles. The molecule has 2 aromatic rings. The lowest BCUT2D eigenvalue weighted by molar-refractivity contribution is 0.0693. The van der Waals surface area contributed by atoms with Gasteiger partial charge in [-0.25, -0.2) is 14.5 Å². The highest BCUT2D eigenvalue weighted by Gasteiger charge is 2.09. The van der Waals surface area contributed by atoms with Crippen molar-refractivity contribution < 1.29 is 15.0 Å². The summed E-state index contributed by atoms with van der Waals surface area (Å²) in [5, 5.41) is 22.3. The first-order valence-corrected chi connectivity index (χ1v) is 5.39. The number of aromatic hydroxyl groups is 1. The van der Waals surface area contributed by atoms with E-state index in [0.717, 1.165) is 5.69 Å². The Morgan fingerprint density at radius 1 is 1.53 bits per heavy atom. The molecule has 2 rings (SSSR count). The Kier molecular flexibility index (Phi) is 3.19. The van der Waals surface area contributed by atoms with Crippen molar-refractivity contribution in [2.75, 3.05) is 5.73 Å². The Balaban J connectivity index is 2.31. The molecule has 0 aliphatic heterocycles. The van der Waals surface area contributed by atoms with Gasteiger partial charge in [0.1, 0.15) is 11.3 Å². The van der Waals surface area contributed by atoms with Crippen LogP contribution in [0.25, 0.3) is 0 Å². The van der Waals surface area contributed by atoms with Gasteiger partial charge in [0, 0.05) is 0 Å². The fraction of sp³-hybridized carbons (Fsp3) is 0.0833. The van der Waals surface area contributed by atoms with E-state index in [1.807, 2.05) is 0 Å². The minimum atomic E-state index is -1.20. The van der Waals surface area contributed by atoms with Crippen molar-refractivity contribution in [2.45, 2.75) is 6.92 Å². The first-order valence-electron chi connectivity index (χ1n) is 5.39. The summed E-state index contributed by atoms with van der Waals surface area (Å²) in [5.74, 6) is -1.25. The Bertz CT molecular complexity index is 661. The van der Waals surface area contributed by atoms with E-state index in [-0.39, 0.29) is 17.3 Å². The van der Waals surface area contributed by atoms with Gasteiger partial charge in [0.05, 0.1) is 18.1 Å². The van der Waals surface area contributed by atoms with Gasteiger partial charge in [-0.3, -0.25) is 0 Å². The number of carbonyl (C=O) groups is 1. The van der Waals surface area contributed by atoms with Gasteiger partial charge < -0.3 is 15.9 Å². The largest absolute Gasteiger partial charge is 0.507 e. The smallest absolute Gasteiger partial charge is 0.339 e. The van der Waals surface area contributed by atoms with Gasteiger partial charge in [-0.05, 0) is 30.7 Å². The number of anilines is 1. The van der Waals surface area contributed by atoms with Crippen LogP contribution in [0.15, 0.2) is 29.5 Å². The zero-order valence-electron chi connectivity index (χ0n) is 10.1. The molecule has 1 heterocycles. The van der Waals surface area contributed by atoms with E-state index in [1.54, 1.807) is 19.2 Å². The number of rotatable bonds is 3. The van der Waals surface area contributed by atoms with Crippen LogP contribution in [0, 0.1) is 6.92 Å². The number of nitrogen functional groups attached to an aromatic ring is 1. The summed E-state index contributed by atoms with van der Waals surface area (Å²) in [6, 6.07) is 4.17. The molecule has 0 saturated carbocycles. The van der Waals surface area contributed by atoms with Crippen molar-refractivity contribution in [3.63, 3.8) is 0 Å². The number of nitrogens with zero attached hydrogens (tertiary/aromatic N) is 3. The quantitative estimate of drug-likeness (QED) is 0.714. The SMILES string of the molecule is Cc1cn(N=Cc2ccc(O)c(C(=O)O)c2)c(N)n1. The van der Waals surface area contributed by atoms with E-state index in [9.17, 15) is 9.90 Å². The number of aryl methyl sites for hydroxylation is 1. The number of benzene rings is 1. The minimum absolute atomic E-state index is 0.182. The third-order valence-corrected chi connectivity index (χ3v) is 2.42. The number of imidazole rings is 1. The van der Waals surface area contributed by atoms with Crippen molar-refractivity contribution in [1.82, 2.24) is 9.66 Å². The standard InChI is InChI=1S/C12H12N4O3/c1-7-6-16(12(13)15-7)14-5-8-2-3-10(17)9(4-8)11(18)19/h2-6,17H,1H3,(H2,13,15)(H,18,19).